The van der Waals surface area contributed by atoms with E-state index in [1.165, 1.54) is 0 Å². The van der Waals surface area contributed by atoms with Crippen LogP contribution in [0.25, 0.3) is 0 Å². The van der Waals surface area contributed by atoms with Crippen LogP contribution < -0.4 is 5.32 Å². The van der Waals surface area contributed by atoms with E-state index in [0.717, 1.165) is 10.2 Å². The molecule has 2 N–H and O–H groups in total. The molecule has 0 aliphatic carbocycles. The summed E-state index contributed by atoms with van der Waals surface area (Å²) in [6, 6.07) is 7.28. The van der Waals surface area contributed by atoms with Crippen molar-refractivity contribution in [3.05, 3.63) is 28.7 Å². The minimum atomic E-state index is -0.384. The number of hydrogen-bond acceptors (Lipinski definition) is 2. The number of aliphatic hydroxyl groups is 1. The summed E-state index contributed by atoms with van der Waals surface area (Å²) in [4.78, 5) is 13.4. The Balaban J connectivity index is 2.00. The summed E-state index contributed by atoms with van der Waals surface area (Å²) in [7, 11) is 0. The third-order valence-electron chi connectivity index (χ3n) is 2.57. The lowest BCUT2D eigenvalue weighted by molar-refractivity contribution is 0.176. The molecular formula is C11H13BrN2O2. The Morgan fingerprint density at radius 3 is 2.88 bits per heavy atom. The van der Waals surface area contributed by atoms with Crippen LogP contribution in [0.1, 0.15) is 6.42 Å². The number of halogens is 1. The number of hydrogen-bond donors (Lipinski definition) is 2. The van der Waals surface area contributed by atoms with Gasteiger partial charge < -0.3 is 15.3 Å². The lowest BCUT2D eigenvalue weighted by atomic mass is 10.3. The third kappa shape index (κ3) is 2.54. The number of carbonyl (C=O) groups is 1. The van der Waals surface area contributed by atoms with Crippen LogP contribution in [0.15, 0.2) is 28.7 Å². The minimum absolute atomic E-state index is 0.163. The topological polar surface area (TPSA) is 52.6 Å². The van der Waals surface area contributed by atoms with Crippen LogP contribution in [-0.2, 0) is 0 Å². The second kappa shape index (κ2) is 4.84. The minimum Gasteiger partial charge on any atom is -0.391 e. The number of carbonyl (C=O) groups excluding carboxylic acids is 1. The smallest absolute Gasteiger partial charge is 0.321 e. The van der Waals surface area contributed by atoms with Gasteiger partial charge >= 0.3 is 6.03 Å². The van der Waals surface area contributed by atoms with Gasteiger partial charge in [-0.3, -0.25) is 0 Å². The molecule has 1 aromatic carbocycles. The molecule has 0 radical (unpaired) electrons. The molecule has 2 amide bonds. The second-order valence-corrected chi connectivity index (χ2v) is 4.65. The van der Waals surface area contributed by atoms with Crippen molar-refractivity contribution >= 4 is 27.6 Å². The first-order chi connectivity index (χ1) is 7.66. The summed E-state index contributed by atoms with van der Waals surface area (Å²) in [5, 5.41) is 12.1. The fourth-order valence-corrected chi connectivity index (χ4v) is 2.07. The Kier molecular flexibility index (Phi) is 3.46. The fourth-order valence-electron chi connectivity index (χ4n) is 1.68. The van der Waals surface area contributed by atoms with Crippen LogP contribution >= 0.6 is 15.9 Å². The van der Waals surface area contributed by atoms with Gasteiger partial charge in [0.2, 0.25) is 0 Å². The number of β-amino-alcohol motifs (C(OH)–C–C–N with tert-alkyl or cyclic N) is 1. The molecule has 0 saturated carbocycles. The fraction of sp³-hybridized carbons (Fsp3) is 0.364. The van der Waals surface area contributed by atoms with Gasteiger partial charge in [-0.2, -0.15) is 0 Å². The number of para-hydroxylation sites is 1. The van der Waals surface area contributed by atoms with Crippen molar-refractivity contribution in [3.8, 4) is 0 Å². The van der Waals surface area contributed by atoms with Crippen LogP contribution in [0.5, 0.6) is 0 Å². The van der Waals surface area contributed by atoms with E-state index in [1.54, 1.807) is 4.90 Å². The molecule has 86 valence electrons. The Labute approximate surface area is 102 Å². The van der Waals surface area contributed by atoms with Gasteiger partial charge in [-0.25, -0.2) is 4.79 Å². The Morgan fingerprint density at radius 2 is 2.25 bits per heavy atom. The number of anilines is 1. The van der Waals surface area contributed by atoms with Crippen molar-refractivity contribution in [2.75, 3.05) is 18.4 Å². The molecule has 1 heterocycles. The molecule has 2 rings (SSSR count). The molecule has 1 saturated heterocycles. The van der Waals surface area contributed by atoms with E-state index in [2.05, 4.69) is 21.2 Å². The zero-order valence-electron chi connectivity index (χ0n) is 8.69. The molecule has 1 aliphatic heterocycles. The van der Waals surface area contributed by atoms with Crippen molar-refractivity contribution in [2.24, 2.45) is 0 Å². The van der Waals surface area contributed by atoms with E-state index < -0.39 is 0 Å². The SMILES string of the molecule is O=C(Nc1ccccc1Br)N1CC[C@@H](O)C1. The maximum Gasteiger partial charge on any atom is 0.321 e. The number of likely N-dealkylation sites (tertiary alicyclic amines) is 1. The van der Waals surface area contributed by atoms with Crippen LogP contribution in [0.2, 0.25) is 0 Å². The van der Waals surface area contributed by atoms with Gasteiger partial charge in [-0.05, 0) is 34.5 Å². The highest BCUT2D eigenvalue weighted by Crippen LogP contribution is 2.22. The first-order valence-corrected chi connectivity index (χ1v) is 5.94. The molecular weight excluding hydrogens is 272 g/mol. The summed E-state index contributed by atoms with van der Waals surface area (Å²) >= 11 is 3.36. The monoisotopic (exact) mass is 284 g/mol. The van der Waals surface area contributed by atoms with E-state index in [4.69, 9.17) is 0 Å². The van der Waals surface area contributed by atoms with Crippen molar-refractivity contribution in [3.63, 3.8) is 0 Å². The van der Waals surface area contributed by atoms with Crippen LogP contribution in [0.4, 0.5) is 10.5 Å². The molecule has 0 bridgehead atoms. The Hall–Kier alpha value is -1.07. The number of benzene rings is 1. The molecule has 0 spiro atoms. The Bertz CT molecular complexity index is 397. The normalized spacial score (nSPS) is 19.9. The van der Waals surface area contributed by atoms with E-state index in [-0.39, 0.29) is 12.1 Å². The predicted molar refractivity (Wildman–Crippen MR) is 65.4 cm³/mol. The molecule has 5 heteroatoms. The van der Waals surface area contributed by atoms with Gasteiger partial charge in [0.15, 0.2) is 0 Å². The molecule has 4 nitrogen and oxygen atoms in total. The lowest BCUT2D eigenvalue weighted by Gasteiger charge is -2.17. The van der Waals surface area contributed by atoms with Gasteiger partial charge in [0, 0.05) is 17.6 Å². The number of urea groups is 1. The van der Waals surface area contributed by atoms with Gasteiger partial charge in [0.1, 0.15) is 0 Å². The summed E-state index contributed by atoms with van der Waals surface area (Å²) in [5.41, 5.74) is 0.744. The number of amides is 2. The highest BCUT2D eigenvalue weighted by Gasteiger charge is 2.24. The van der Waals surface area contributed by atoms with E-state index >= 15 is 0 Å². The van der Waals surface area contributed by atoms with Crippen molar-refractivity contribution in [2.45, 2.75) is 12.5 Å². The standard InChI is InChI=1S/C11H13BrN2O2/c12-9-3-1-2-4-10(9)13-11(16)14-6-5-8(15)7-14/h1-4,8,15H,5-7H2,(H,13,16)/t8-/m1/s1. The van der Waals surface area contributed by atoms with Gasteiger partial charge in [0.05, 0.1) is 11.8 Å². The van der Waals surface area contributed by atoms with Crippen molar-refractivity contribution in [1.29, 1.82) is 0 Å². The largest absolute Gasteiger partial charge is 0.391 e. The van der Waals surface area contributed by atoms with E-state index in [9.17, 15) is 9.90 Å². The quantitative estimate of drug-likeness (QED) is 0.829. The van der Waals surface area contributed by atoms with Gasteiger partial charge in [-0.1, -0.05) is 12.1 Å². The van der Waals surface area contributed by atoms with Crippen molar-refractivity contribution in [1.82, 2.24) is 4.90 Å². The summed E-state index contributed by atoms with van der Waals surface area (Å²) in [5.74, 6) is 0. The highest BCUT2D eigenvalue weighted by molar-refractivity contribution is 9.10. The average molecular weight is 285 g/mol. The molecule has 0 aromatic heterocycles. The number of rotatable bonds is 1. The lowest BCUT2D eigenvalue weighted by Crippen LogP contribution is -2.33. The number of aliphatic hydroxyl groups excluding tert-OH is 1. The van der Waals surface area contributed by atoms with Crippen LogP contribution in [0, 0.1) is 0 Å². The van der Waals surface area contributed by atoms with Crippen LogP contribution in [0.3, 0.4) is 0 Å². The second-order valence-electron chi connectivity index (χ2n) is 3.80. The van der Waals surface area contributed by atoms with Gasteiger partial charge in [0.25, 0.3) is 0 Å². The average Bonchev–Trinajstić information content (AvgIpc) is 2.68. The molecule has 1 atom stereocenters. The maximum atomic E-state index is 11.8. The maximum absolute atomic E-state index is 11.8. The Morgan fingerprint density at radius 1 is 1.50 bits per heavy atom. The highest BCUT2D eigenvalue weighted by atomic mass is 79.9. The molecule has 1 fully saturated rings. The molecule has 1 aromatic rings. The zero-order chi connectivity index (χ0) is 11.5. The van der Waals surface area contributed by atoms with Crippen molar-refractivity contribution < 1.29 is 9.90 Å². The molecule has 0 unspecified atom stereocenters. The first-order valence-electron chi connectivity index (χ1n) is 5.15. The molecule has 16 heavy (non-hydrogen) atoms. The number of nitrogens with zero attached hydrogens (tertiary/aromatic N) is 1. The predicted octanol–water partition coefficient (Wildman–Crippen LogP) is 2.05. The van der Waals surface area contributed by atoms with E-state index in [1.807, 2.05) is 24.3 Å². The summed E-state index contributed by atoms with van der Waals surface area (Å²) in [6.45, 7) is 1.02. The van der Waals surface area contributed by atoms with E-state index in [0.29, 0.717) is 19.5 Å². The van der Waals surface area contributed by atoms with Crippen LogP contribution in [-0.4, -0.2) is 35.2 Å². The number of nitrogens with one attached hydrogen (secondary N) is 1. The summed E-state index contributed by atoms with van der Waals surface area (Å²) < 4.78 is 0.850. The zero-order valence-corrected chi connectivity index (χ0v) is 10.3. The summed E-state index contributed by atoms with van der Waals surface area (Å²) in [6.07, 6.45) is 0.272. The van der Waals surface area contributed by atoms with Gasteiger partial charge in [-0.15, -0.1) is 0 Å². The molecule has 1 aliphatic rings. The first kappa shape index (κ1) is 11.4. The third-order valence-corrected chi connectivity index (χ3v) is 3.26.